The van der Waals surface area contributed by atoms with Crippen LogP contribution in [0.3, 0.4) is 0 Å². The minimum absolute atomic E-state index is 0.113. The monoisotopic (exact) mass is 543 g/mol. The van der Waals surface area contributed by atoms with E-state index in [1.54, 1.807) is 23.1 Å². The number of rotatable bonds is 8. The highest BCUT2D eigenvalue weighted by Crippen LogP contribution is 2.39. The van der Waals surface area contributed by atoms with Crippen molar-refractivity contribution in [1.82, 2.24) is 25.1 Å². The fraction of sp³-hybridized carbons (Fsp3) is 0.310. The van der Waals surface area contributed by atoms with Crippen molar-refractivity contribution >= 4 is 23.9 Å². The first kappa shape index (κ1) is 26.8. The van der Waals surface area contributed by atoms with Crippen LogP contribution in [0.5, 0.6) is 0 Å². The van der Waals surface area contributed by atoms with Gasteiger partial charge in [-0.1, -0.05) is 42.5 Å². The van der Waals surface area contributed by atoms with Gasteiger partial charge in [-0.05, 0) is 36.6 Å². The number of carboxylic acid groups (broad SMARTS) is 2. The summed E-state index contributed by atoms with van der Waals surface area (Å²) in [6, 6.07) is 16.2. The molecule has 1 atom stereocenters. The molecular weight excluding hydrogens is 514 g/mol. The number of piperazine rings is 1. The van der Waals surface area contributed by atoms with Gasteiger partial charge >= 0.3 is 12.1 Å². The Morgan fingerprint density at radius 3 is 2.12 bits per heavy atom. The highest BCUT2D eigenvalue weighted by Gasteiger charge is 2.32. The first-order valence-corrected chi connectivity index (χ1v) is 13.1. The minimum Gasteiger partial charge on any atom is -0.478 e. The number of hydrogen-bond acceptors (Lipinski definition) is 6. The fourth-order valence-corrected chi connectivity index (χ4v) is 4.68. The number of benzene rings is 2. The molecule has 2 heterocycles. The summed E-state index contributed by atoms with van der Waals surface area (Å²) in [6.45, 7) is 0.748. The summed E-state index contributed by atoms with van der Waals surface area (Å²) < 4.78 is 0. The van der Waals surface area contributed by atoms with Gasteiger partial charge in [0.1, 0.15) is 11.7 Å². The fourth-order valence-electron chi connectivity index (χ4n) is 4.68. The van der Waals surface area contributed by atoms with Crippen LogP contribution in [0.2, 0.25) is 0 Å². The summed E-state index contributed by atoms with van der Waals surface area (Å²) >= 11 is 0. The molecule has 0 bridgehead atoms. The number of aromatic nitrogens is 2. The van der Waals surface area contributed by atoms with Gasteiger partial charge in [-0.25, -0.2) is 19.6 Å². The molecule has 1 aliphatic carbocycles. The van der Waals surface area contributed by atoms with E-state index in [-0.39, 0.29) is 55.7 Å². The predicted molar refractivity (Wildman–Crippen MR) is 144 cm³/mol. The molecule has 2 aliphatic rings. The Hall–Kier alpha value is -4.80. The van der Waals surface area contributed by atoms with Gasteiger partial charge in [0.2, 0.25) is 5.91 Å². The van der Waals surface area contributed by atoms with E-state index in [1.165, 1.54) is 17.0 Å². The highest BCUT2D eigenvalue weighted by molar-refractivity contribution is 5.96. The van der Waals surface area contributed by atoms with Gasteiger partial charge in [0.15, 0.2) is 5.82 Å². The summed E-state index contributed by atoms with van der Waals surface area (Å²) in [7, 11) is 0. The first-order valence-electron chi connectivity index (χ1n) is 13.1. The van der Waals surface area contributed by atoms with Crippen molar-refractivity contribution in [3.8, 4) is 11.4 Å². The van der Waals surface area contributed by atoms with E-state index in [9.17, 15) is 29.4 Å². The topological polar surface area (TPSA) is 153 Å². The number of amides is 3. The maximum atomic E-state index is 13.6. The Bertz CT molecular complexity index is 1420. The number of nitrogens with zero attached hydrogens (tertiary/aromatic N) is 4. The second-order valence-corrected chi connectivity index (χ2v) is 9.97. The van der Waals surface area contributed by atoms with Gasteiger partial charge in [0.25, 0.3) is 5.91 Å². The Morgan fingerprint density at radius 1 is 0.875 bits per heavy atom. The third-order valence-electron chi connectivity index (χ3n) is 7.11. The number of carbonyl (C=O) groups excluding carboxylic acids is 2. The Morgan fingerprint density at radius 2 is 1.52 bits per heavy atom. The molecule has 3 amide bonds. The van der Waals surface area contributed by atoms with Gasteiger partial charge in [-0.15, -0.1) is 0 Å². The largest absolute Gasteiger partial charge is 0.478 e. The zero-order valence-electron chi connectivity index (χ0n) is 21.7. The SMILES string of the molecule is O=C(O)c1ccc(C[C@H](NC(=O)c2cc(C3CC3)nc(-c3ccccc3)n2)C(=O)N2CCN(C(=O)O)CC2)cc1. The van der Waals surface area contributed by atoms with Crippen molar-refractivity contribution in [3.05, 3.63) is 83.2 Å². The lowest BCUT2D eigenvalue weighted by molar-refractivity contribution is -0.134. The summed E-state index contributed by atoms with van der Waals surface area (Å²) in [6.07, 6.45) is 1.06. The average Bonchev–Trinajstić information content (AvgIpc) is 3.83. The van der Waals surface area contributed by atoms with Crippen LogP contribution in [-0.4, -0.2) is 86.1 Å². The average molecular weight is 544 g/mol. The van der Waals surface area contributed by atoms with Gasteiger partial charge in [-0.3, -0.25) is 9.59 Å². The van der Waals surface area contributed by atoms with Crippen molar-refractivity contribution in [2.75, 3.05) is 26.2 Å². The summed E-state index contributed by atoms with van der Waals surface area (Å²) in [5.41, 5.74) is 2.50. The lowest BCUT2D eigenvalue weighted by atomic mass is 10.0. The summed E-state index contributed by atoms with van der Waals surface area (Å²) in [5, 5.41) is 21.3. The molecule has 11 nitrogen and oxygen atoms in total. The van der Waals surface area contributed by atoms with E-state index < -0.39 is 24.0 Å². The van der Waals surface area contributed by atoms with Gasteiger partial charge in [-0.2, -0.15) is 0 Å². The molecule has 0 spiro atoms. The van der Waals surface area contributed by atoms with Crippen molar-refractivity contribution in [2.24, 2.45) is 0 Å². The van der Waals surface area contributed by atoms with Crippen molar-refractivity contribution < 1.29 is 29.4 Å². The molecule has 11 heteroatoms. The second kappa shape index (κ2) is 11.5. The van der Waals surface area contributed by atoms with Crippen molar-refractivity contribution in [1.29, 1.82) is 0 Å². The van der Waals surface area contributed by atoms with Crippen LogP contribution in [0.25, 0.3) is 11.4 Å². The van der Waals surface area contributed by atoms with Crippen LogP contribution in [0.1, 0.15) is 50.9 Å². The molecule has 206 valence electrons. The van der Waals surface area contributed by atoms with E-state index in [0.717, 1.165) is 24.1 Å². The van der Waals surface area contributed by atoms with Gasteiger partial charge < -0.3 is 25.3 Å². The molecule has 40 heavy (non-hydrogen) atoms. The third-order valence-corrected chi connectivity index (χ3v) is 7.11. The molecule has 1 aliphatic heterocycles. The van der Waals surface area contributed by atoms with E-state index in [4.69, 9.17) is 0 Å². The summed E-state index contributed by atoms with van der Waals surface area (Å²) in [4.78, 5) is 61.7. The van der Waals surface area contributed by atoms with Crippen molar-refractivity contribution in [3.63, 3.8) is 0 Å². The molecule has 0 radical (unpaired) electrons. The number of carbonyl (C=O) groups is 4. The van der Waals surface area contributed by atoms with Crippen LogP contribution in [0.4, 0.5) is 4.79 Å². The van der Waals surface area contributed by atoms with E-state index in [0.29, 0.717) is 11.4 Å². The van der Waals surface area contributed by atoms with Crippen molar-refractivity contribution in [2.45, 2.75) is 31.2 Å². The highest BCUT2D eigenvalue weighted by atomic mass is 16.4. The van der Waals surface area contributed by atoms with Gasteiger partial charge in [0, 0.05) is 49.8 Å². The van der Waals surface area contributed by atoms with Crippen LogP contribution in [0, 0.1) is 0 Å². The van der Waals surface area contributed by atoms with Crippen LogP contribution >= 0.6 is 0 Å². The van der Waals surface area contributed by atoms with E-state index >= 15 is 0 Å². The molecule has 3 N–H and O–H groups in total. The quantitative estimate of drug-likeness (QED) is 0.392. The maximum Gasteiger partial charge on any atom is 0.407 e. The molecule has 0 unspecified atom stereocenters. The van der Waals surface area contributed by atoms with E-state index in [2.05, 4.69) is 15.3 Å². The Kier molecular flexibility index (Phi) is 7.72. The normalized spacial score (nSPS) is 15.8. The van der Waals surface area contributed by atoms with Gasteiger partial charge in [0.05, 0.1) is 5.56 Å². The minimum atomic E-state index is -1.06. The molecule has 5 rings (SSSR count). The number of aromatic carboxylic acids is 1. The molecular formula is C29H29N5O6. The number of nitrogens with one attached hydrogen (secondary N) is 1. The predicted octanol–water partition coefficient (Wildman–Crippen LogP) is 2.88. The Labute approximate surface area is 230 Å². The number of carboxylic acids is 1. The van der Waals surface area contributed by atoms with Crippen LogP contribution < -0.4 is 5.32 Å². The zero-order valence-corrected chi connectivity index (χ0v) is 21.7. The molecule has 1 aromatic heterocycles. The molecule has 1 saturated carbocycles. The summed E-state index contributed by atoms with van der Waals surface area (Å²) in [5.74, 6) is -1.22. The lowest BCUT2D eigenvalue weighted by Crippen LogP contribution is -2.56. The number of hydrogen-bond donors (Lipinski definition) is 3. The molecule has 3 aromatic rings. The Balaban J connectivity index is 1.40. The smallest absolute Gasteiger partial charge is 0.407 e. The van der Waals surface area contributed by atoms with Crippen LogP contribution in [-0.2, 0) is 11.2 Å². The zero-order chi connectivity index (χ0) is 28.2. The maximum absolute atomic E-state index is 13.6. The second-order valence-electron chi connectivity index (χ2n) is 9.97. The molecule has 1 saturated heterocycles. The molecule has 2 aromatic carbocycles. The third kappa shape index (κ3) is 6.25. The first-order chi connectivity index (χ1) is 19.3. The van der Waals surface area contributed by atoms with E-state index in [1.807, 2.05) is 30.3 Å². The standard InChI is InChI=1S/C29H29N5O6/c35-26(23-17-22(19-10-11-19)30-25(31-23)20-4-2-1-3-5-20)32-24(16-18-6-8-21(9-7-18)28(37)38)27(36)33-12-14-34(15-13-33)29(39)40/h1-9,17,19,24H,10-16H2,(H,32,35)(H,37,38)(H,39,40)/t24-/m0/s1. The van der Waals surface area contributed by atoms with Crippen LogP contribution in [0.15, 0.2) is 60.7 Å². The molecule has 2 fully saturated rings. The lowest BCUT2D eigenvalue weighted by Gasteiger charge is -2.35.